The lowest BCUT2D eigenvalue weighted by Gasteiger charge is -2.02. The zero-order valence-electron chi connectivity index (χ0n) is 6.18. The predicted molar refractivity (Wildman–Crippen MR) is 51.0 cm³/mol. The molecule has 4 heteroatoms. The Balaban J connectivity index is 2.75. The highest BCUT2D eigenvalue weighted by molar-refractivity contribution is 6.42. The van der Waals surface area contributed by atoms with Crippen molar-refractivity contribution in [2.45, 2.75) is 0 Å². The van der Waals surface area contributed by atoms with E-state index >= 15 is 0 Å². The summed E-state index contributed by atoms with van der Waals surface area (Å²) < 4.78 is 0. The van der Waals surface area contributed by atoms with Crippen molar-refractivity contribution in [2.75, 3.05) is 11.9 Å². The molecule has 64 valence electrons. The molecule has 0 aliphatic carbocycles. The Morgan fingerprint density at radius 2 is 2.08 bits per heavy atom. The zero-order valence-corrected chi connectivity index (χ0v) is 7.69. The lowest BCUT2D eigenvalue weighted by Crippen LogP contribution is -2.01. The molecule has 1 rings (SSSR count). The Bertz CT molecular complexity index is 288. The van der Waals surface area contributed by atoms with E-state index in [1.807, 2.05) is 0 Å². The topological polar surface area (TPSA) is 29.1 Å². The van der Waals surface area contributed by atoms with Gasteiger partial charge in [0.2, 0.25) is 0 Å². The Morgan fingerprint density at radius 1 is 1.33 bits per heavy atom. The number of anilines is 1. The number of aldehydes is 1. The maximum atomic E-state index is 10.0. The quantitative estimate of drug-likeness (QED) is 0.766. The largest absolute Gasteiger partial charge is 0.378 e. The molecule has 1 aromatic rings. The van der Waals surface area contributed by atoms with Gasteiger partial charge in [-0.2, -0.15) is 0 Å². The number of hydrogen-bond acceptors (Lipinski definition) is 2. The van der Waals surface area contributed by atoms with Crippen molar-refractivity contribution < 1.29 is 4.79 Å². The van der Waals surface area contributed by atoms with Crippen molar-refractivity contribution in [2.24, 2.45) is 0 Å². The van der Waals surface area contributed by atoms with Crippen molar-refractivity contribution in [3.63, 3.8) is 0 Å². The van der Waals surface area contributed by atoms with Crippen LogP contribution in [0, 0.1) is 0 Å². The maximum absolute atomic E-state index is 10.0. The van der Waals surface area contributed by atoms with Crippen LogP contribution in [-0.2, 0) is 4.79 Å². The van der Waals surface area contributed by atoms with E-state index < -0.39 is 0 Å². The first-order valence-corrected chi connectivity index (χ1v) is 4.12. The predicted octanol–water partition coefficient (Wildman–Crippen LogP) is 2.60. The molecule has 0 aromatic heterocycles. The molecule has 1 N–H and O–H groups in total. The van der Waals surface area contributed by atoms with Crippen molar-refractivity contribution in [3.8, 4) is 0 Å². The summed E-state index contributed by atoms with van der Waals surface area (Å²) in [6, 6.07) is 5.11. The molecule has 2 nitrogen and oxygen atoms in total. The summed E-state index contributed by atoms with van der Waals surface area (Å²) >= 11 is 11.4. The van der Waals surface area contributed by atoms with Gasteiger partial charge in [0, 0.05) is 5.69 Å². The molecule has 0 spiro atoms. The van der Waals surface area contributed by atoms with Gasteiger partial charge in [-0.15, -0.1) is 0 Å². The second-order valence-electron chi connectivity index (χ2n) is 2.18. The van der Waals surface area contributed by atoms with Gasteiger partial charge in [0.15, 0.2) is 0 Å². The summed E-state index contributed by atoms with van der Waals surface area (Å²) in [4.78, 5) is 10.0. The minimum absolute atomic E-state index is 0.276. The van der Waals surface area contributed by atoms with Crippen LogP contribution in [0.25, 0.3) is 0 Å². The van der Waals surface area contributed by atoms with Gasteiger partial charge in [-0.3, -0.25) is 0 Å². The lowest BCUT2D eigenvalue weighted by atomic mass is 10.3. The summed E-state index contributed by atoms with van der Waals surface area (Å²) in [7, 11) is 0. The summed E-state index contributed by atoms with van der Waals surface area (Å²) in [5, 5.41) is 3.84. The molecule has 0 saturated carbocycles. The molecule has 0 fully saturated rings. The van der Waals surface area contributed by atoms with E-state index in [1.165, 1.54) is 0 Å². The van der Waals surface area contributed by atoms with Crippen LogP contribution in [0.15, 0.2) is 18.2 Å². The minimum atomic E-state index is 0.276. The number of carbonyl (C=O) groups is 1. The molecule has 0 atom stereocenters. The first-order chi connectivity index (χ1) is 5.74. The monoisotopic (exact) mass is 203 g/mol. The third kappa shape index (κ3) is 2.40. The average Bonchev–Trinajstić information content (AvgIpc) is 2.07. The summed E-state index contributed by atoms with van der Waals surface area (Å²) in [5.74, 6) is 0. The fraction of sp³-hybridized carbons (Fsp3) is 0.125. The summed E-state index contributed by atoms with van der Waals surface area (Å²) in [6.07, 6.45) is 0.780. The normalized spacial score (nSPS) is 9.50. The minimum Gasteiger partial charge on any atom is -0.378 e. The number of hydrogen-bond donors (Lipinski definition) is 1. The van der Waals surface area contributed by atoms with Crippen LogP contribution in [0.5, 0.6) is 0 Å². The van der Waals surface area contributed by atoms with Crippen molar-refractivity contribution >= 4 is 35.2 Å². The second kappa shape index (κ2) is 4.33. The second-order valence-corrected chi connectivity index (χ2v) is 2.99. The number of carbonyl (C=O) groups excluding carboxylic acids is 1. The fourth-order valence-corrected chi connectivity index (χ4v) is 1.06. The van der Waals surface area contributed by atoms with Gasteiger partial charge < -0.3 is 10.1 Å². The van der Waals surface area contributed by atoms with E-state index in [4.69, 9.17) is 23.2 Å². The Morgan fingerprint density at radius 3 is 2.67 bits per heavy atom. The third-order valence-corrected chi connectivity index (χ3v) is 2.05. The standard InChI is InChI=1S/C8H7Cl2NO/c9-7-2-1-6(5-8(7)10)11-3-4-12/h1-2,4-5,11H,3H2. The van der Waals surface area contributed by atoms with E-state index in [1.54, 1.807) is 18.2 Å². The highest BCUT2D eigenvalue weighted by Crippen LogP contribution is 2.24. The molecular formula is C8H7Cl2NO. The molecule has 0 unspecified atom stereocenters. The van der Waals surface area contributed by atoms with Crippen LogP contribution in [0.3, 0.4) is 0 Å². The first kappa shape index (κ1) is 9.36. The molecule has 0 aliphatic rings. The van der Waals surface area contributed by atoms with Crippen molar-refractivity contribution in [3.05, 3.63) is 28.2 Å². The SMILES string of the molecule is O=CCNc1ccc(Cl)c(Cl)c1. The smallest absolute Gasteiger partial charge is 0.139 e. The van der Waals surface area contributed by atoms with Gasteiger partial charge in [-0.1, -0.05) is 23.2 Å². The van der Waals surface area contributed by atoms with Crippen LogP contribution in [0.4, 0.5) is 5.69 Å². The summed E-state index contributed by atoms with van der Waals surface area (Å²) in [5.41, 5.74) is 0.788. The van der Waals surface area contributed by atoms with Crippen molar-refractivity contribution in [1.82, 2.24) is 0 Å². The van der Waals surface area contributed by atoms with Gasteiger partial charge >= 0.3 is 0 Å². The van der Waals surface area contributed by atoms with Crippen LogP contribution in [-0.4, -0.2) is 12.8 Å². The molecule has 0 radical (unpaired) electrons. The molecule has 0 bridgehead atoms. The average molecular weight is 204 g/mol. The van der Waals surface area contributed by atoms with Crippen LogP contribution in [0.2, 0.25) is 10.0 Å². The van der Waals surface area contributed by atoms with Gasteiger partial charge in [0.05, 0.1) is 16.6 Å². The Labute approximate surface area is 80.5 Å². The molecule has 0 aliphatic heterocycles. The van der Waals surface area contributed by atoms with Gasteiger partial charge in [-0.25, -0.2) is 0 Å². The summed E-state index contributed by atoms with van der Waals surface area (Å²) in [6.45, 7) is 0.276. The highest BCUT2D eigenvalue weighted by Gasteiger charge is 1.97. The van der Waals surface area contributed by atoms with Gasteiger partial charge in [0.1, 0.15) is 6.29 Å². The van der Waals surface area contributed by atoms with E-state index in [0.717, 1.165) is 12.0 Å². The number of rotatable bonds is 3. The molecule has 12 heavy (non-hydrogen) atoms. The molecule has 0 amide bonds. The van der Waals surface area contributed by atoms with Gasteiger partial charge in [0.25, 0.3) is 0 Å². The lowest BCUT2D eigenvalue weighted by molar-refractivity contribution is -0.106. The zero-order chi connectivity index (χ0) is 8.97. The number of benzene rings is 1. The van der Waals surface area contributed by atoms with E-state index in [-0.39, 0.29) is 6.54 Å². The maximum Gasteiger partial charge on any atom is 0.139 e. The van der Waals surface area contributed by atoms with E-state index in [9.17, 15) is 4.79 Å². The highest BCUT2D eigenvalue weighted by atomic mass is 35.5. The van der Waals surface area contributed by atoms with Crippen LogP contribution in [0.1, 0.15) is 0 Å². The molecule has 0 saturated heterocycles. The fourth-order valence-electron chi connectivity index (χ4n) is 0.766. The number of nitrogens with one attached hydrogen (secondary N) is 1. The van der Waals surface area contributed by atoms with Crippen molar-refractivity contribution in [1.29, 1.82) is 0 Å². The third-order valence-electron chi connectivity index (χ3n) is 1.31. The molecular weight excluding hydrogens is 197 g/mol. The van der Waals surface area contributed by atoms with E-state index in [0.29, 0.717) is 10.0 Å². The first-order valence-electron chi connectivity index (χ1n) is 3.36. The molecule has 0 heterocycles. The van der Waals surface area contributed by atoms with Crippen LogP contribution < -0.4 is 5.32 Å². The Kier molecular flexibility index (Phi) is 3.38. The van der Waals surface area contributed by atoms with Crippen LogP contribution >= 0.6 is 23.2 Å². The van der Waals surface area contributed by atoms with Gasteiger partial charge in [-0.05, 0) is 18.2 Å². The molecule has 1 aromatic carbocycles. The van der Waals surface area contributed by atoms with E-state index in [2.05, 4.69) is 5.32 Å². The number of halogens is 2. The Hall–Kier alpha value is -0.730.